The molecule has 7 nitrogen and oxygen atoms in total. The second-order valence-electron chi connectivity index (χ2n) is 6.30. The number of rotatable bonds is 4. The monoisotopic (exact) mass is 426 g/mol. The molecular formula is C20H14N2O5S2. The van der Waals surface area contributed by atoms with Gasteiger partial charge in [-0.25, -0.2) is 12.7 Å². The second-order valence-corrected chi connectivity index (χ2v) is 9.14. The minimum atomic E-state index is -4.34. The highest BCUT2D eigenvalue weighted by atomic mass is 32.2. The van der Waals surface area contributed by atoms with E-state index >= 15 is 0 Å². The molecule has 0 bridgehead atoms. The van der Waals surface area contributed by atoms with Crippen LogP contribution in [-0.2, 0) is 10.0 Å². The van der Waals surface area contributed by atoms with Gasteiger partial charge in [-0.2, -0.15) is 0 Å². The van der Waals surface area contributed by atoms with E-state index in [1.807, 2.05) is 0 Å². The van der Waals surface area contributed by atoms with E-state index in [-0.39, 0.29) is 5.78 Å². The van der Waals surface area contributed by atoms with Crippen molar-refractivity contribution in [3.63, 3.8) is 0 Å². The Morgan fingerprint density at radius 1 is 0.966 bits per heavy atom. The Balaban J connectivity index is 2.02. The smallest absolute Gasteiger partial charge is 0.289 e. The molecule has 0 saturated heterocycles. The number of Topliss-reactive ketones (excluding diaryl/α,β-unsaturated/α-hetero) is 1. The summed E-state index contributed by atoms with van der Waals surface area (Å²) < 4.78 is 28.4. The van der Waals surface area contributed by atoms with Gasteiger partial charge in [0.1, 0.15) is 0 Å². The number of nitro benzene ring substituents is 1. The molecule has 1 aliphatic heterocycles. The maximum Gasteiger partial charge on any atom is 0.289 e. The number of nitrogens with zero attached hydrogens (tertiary/aromatic N) is 2. The molecule has 0 aliphatic carbocycles. The Labute approximate surface area is 171 Å². The predicted molar refractivity (Wildman–Crippen MR) is 109 cm³/mol. The molecule has 1 aliphatic rings. The van der Waals surface area contributed by atoms with Gasteiger partial charge in [0.2, 0.25) is 0 Å². The molecular weight excluding hydrogens is 412 g/mol. The Hall–Kier alpha value is -3.17. The van der Waals surface area contributed by atoms with Crippen LogP contribution in [0.1, 0.15) is 17.3 Å². The molecule has 0 spiro atoms. The van der Waals surface area contributed by atoms with Crippen LogP contribution in [0.5, 0.6) is 0 Å². The summed E-state index contributed by atoms with van der Waals surface area (Å²) in [6.45, 7) is 1.40. The summed E-state index contributed by atoms with van der Waals surface area (Å²) >= 11 is 1.38. The molecule has 0 fully saturated rings. The van der Waals surface area contributed by atoms with Crippen LogP contribution in [0.4, 0.5) is 17.1 Å². The molecule has 0 saturated carbocycles. The summed E-state index contributed by atoms with van der Waals surface area (Å²) in [7, 11) is -4.34. The van der Waals surface area contributed by atoms with Gasteiger partial charge in [0, 0.05) is 21.4 Å². The number of nitro groups is 1. The quantitative estimate of drug-likeness (QED) is 0.338. The van der Waals surface area contributed by atoms with Crippen molar-refractivity contribution in [2.24, 2.45) is 0 Å². The van der Waals surface area contributed by atoms with Gasteiger partial charge in [-0.1, -0.05) is 42.1 Å². The fourth-order valence-electron chi connectivity index (χ4n) is 3.12. The van der Waals surface area contributed by atoms with Gasteiger partial charge in [-0.3, -0.25) is 14.9 Å². The molecule has 0 aromatic heterocycles. The van der Waals surface area contributed by atoms with E-state index in [0.29, 0.717) is 26.7 Å². The number of carbonyl (C=O) groups excluding carboxylic acids is 1. The molecule has 0 atom stereocenters. The van der Waals surface area contributed by atoms with Crippen molar-refractivity contribution < 1.29 is 18.1 Å². The summed E-state index contributed by atoms with van der Waals surface area (Å²) in [5.74, 6) is -0.209. The van der Waals surface area contributed by atoms with Crippen LogP contribution in [0.25, 0.3) is 0 Å². The van der Waals surface area contributed by atoms with E-state index in [0.717, 1.165) is 10.4 Å². The normalized spacial score (nSPS) is 12.8. The molecule has 0 N–H and O–H groups in total. The highest BCUT2D eigenvalue weighted by Crippen LogP contribution is 2.51. The highest BCUT2D eigenvalue weighted by molar-refractivity contribution is 8.00. The van der Waals surface area contributed by atoms with Crippen molar-refractivity contribution >= 4 is 44.6 Å². The van der Waals surface area contributed by atoms with E-state index in [4.69, 9.17) is 0 Å². The summed E-state index contributed by atoms with van der Waals surface area (Å²) in [4.78, 5) is 23.5. The van der Waals surface area contributed by atoms with Crippen LogP contribution in [0.2, 0.25) is 0 Å². The van der Waals surface area contributed by atoms with Crippen molar-refractivity contribution in [3.8, 4) is 0 Å². The maximum absolute atomic E-state index is 13.6. The lowest BCUT2D eigenvalue weighted by Crippen LogP contribution is -2.29. The second kappa shape index (κ2) is 7.02. The Kier molecular flexibility index (Phi) is 4.64. The van der Waals surface area contributed by atoms with E-state index in [9.17, 15) is 23.3 Å². The zero-order chi connectivity index (χ0) is 20.8. The molecule has 9 heteroatoms. The molecule has 3 aromatic rings. The zero-order valence-electron chi connectivity index (χ0n) is 15.1. The first kappa shape index (κ1) is 19.2. The fraction of sp³-hybridized carbons (Fsp3) is 0.0500. The van der Waals surface area contributed by atoms with Crippen molar-refractivity contribution in [2.75, 3.05) is 4.31 Å². The lowest BCUT2D eigenvalue weighted by Gasteiger charge is -2.32. The number of anilines is 2. The molecule has 0 amide bonds. The van der Waals surface area contributed by atoms with Crippen LogP contribution in [0.15, 0.2) is 81.4 Å². The fourth-order valence-corrected chi connectivity index (χ4v) is 5.96. The average Bonchev–Trinajstić information content (AvgIpc) is 2.71. The Morgan fingerprint density at radius 3 is 2.34 bits per heavy atom. The molecule has 0 radical (unpaired) electrons. The largest absolute Gasteiger partial charge is 0.295 e. The average molecular weight is 426 g/mol. The highest BCUT2D eigenvalue weighted by Gasteiger charge is 2.37. The number of fused-ring (bicyclic) bond motifs is 2. The molecule has 3 aromatic carbocycles. The van der Waals surface area contributed by atoms with Crippen molar-refractivity contribution in [3.05, 3.63) is 82.4 Å². The van der Waals surface area contributed by atoms with Gasteiger partial charge in [0.25, 0.3) is 15.7 Å². The van der Waals surface area contributed by atoms with Gasteiger partial charge in [0.15, 0.2) is 10.7 Å². The van der Waals surface area contributed by atoms with Gasteiger partial charge >= 0.3 is 0 Å². The van der Waals surface area contributed by atoms with E-state index in [2.05, 4.69) is 0 Å². The van der Waals surface area contributed by atoms with Crippen molar-refractivity contribution in [1.82, 2.24) is 0 Å². The third kappa shape index (κ3) is 3.18. The minimum absolute atomic E-state index is 0.209. The minimum Gasteiger partial charge on any atom is -0.295 e. The molecule has 29 heavy (non-hydrogen) atoms. The summed E-state index contributed by atoms with van der Waals surface area (Å²) in [6.07, 6.45) is 0. The first-order valence-corrected chi connectivity index (χ1v) is 10.8. The van der Waals surface area contributed by atoms with Gasteiger partial charge < -0.3 is 0 Å². The number of ketones is 1. The predicted octanol–water partition coefficient (Wildman–Crippen LogP) is 4.79. The zero-order valence-corrected chi connectivity index (χ0v) is 16.7. The third-order valence-electron chi connectivity index (χ3n) is 4.47. The van der Waals surface area contributed by atoms with E-state index < -0.39 is 25.5 Å². The summed E-state index contributed by atoms with van der Waals surface area (Å²) in [5.41, 5.74) is 0.516. The number of carbonyl (C=O) groups is 1. The summed E-state index contributed by atoms with van der Waals surface area (Å²) in [6, 6.07) is 17.0. The molecule has 4 rings (SSSR count). The van der Waals surface area contributed by atoms with Gasteiger partial charge in [-0.15, -0.1) is 0 Å². The third-order valence-corrected chi connectivity index (χ3v) is 7.37. The topological polar surface area (TPSA) is 97.6 Å². The molecule has 146 valence electrons. The SMILES string of the molecule is CC(=O)c1ccc2c(c1)N(S(=O)(=O)c1ccccc1[N+](=O)[O-])c1ccccc1S2. The van der Waals surface area contributed by atoms with Crippen molar-refractivity contribution in [2.45, 2.75) is 21.6 Å². The van der Waals surface area contributed by atoms with Crippen LogP contribution < -0.4 is 4.31 Å². The lowest BCUT2D eigenvalue weighted by atomic mass is 10.1. The van der Waals surface area contributed by atoms with Crippen molar-refractivity contribution in [1.29, 1.82) is 0 Å². The van der Waals surface area contributed by atoms with Gasteiger partial charge in [-0.05, 0) is 37.3 Å². The van der Waals surface area contributed by atoms with Crippen LogP contribution in [-0.4, -0.2) is 19.1 Å². The first-order valence-electron chi connectivity index (χ1n) is 8.51. The van der Waals surface area contributed by atoms with Gasteiger partial charge in [0.05, 0.1) is 16.3 Å². The standard InChI is InChI=1S/C20H14N2O5S2/c1-13(23)14-10-11-19-17(12-14)21(15-6-2-4-8-18(15)28-19)29(26,27)20-9-5-3-7-16(20)22(24)25/h2-12H,1H3. The number of hydrogen-bond acceptors (Lipinski definition) is 6. The molecule has 1 heterocycles. The Morgan fingerprint density at radius 2 is 1.62 bits per heavy atom. The summed E-state index contributed by atoms with van der Waals surface area (Å²) in [5, 5.41) is 11.5. The van der Waals surface area contributed by atoms with Crippen LogP contribution in [0, 0.1) is 10.1 Å². The van der Waals surface area contributed by atoms with E-state index in [1.165, 1.54) is 43.0 Å². The number of sulfonamides is 1. The van der Waals surface area contributed by atoms with Crippen LogP contribution in [0.3, 0.4) is 0 Å². The Bertz CT molecular complexity index is 1270. The number of para-hydroxylation sites is 2. The first-order chi connectivity index (χ1) is 13.8. The molecule has 0 unspecified atom stereocenters. The number of benzene rings is 3. The maximum atomic E-state index is 13.6. The lowest BCUT2D eigenvalue weighted by molar-refractivity contribution is -0.387. The van der Waals surface area contributed by atoms with Crippen LogP contribution >= 0.6 is 11.8 Å². The van der Waals surface area contributed by atoms with E-state index in [1.54, 1.807) is 36.4 Å². The number of hydrogen-bond donors (Lipinski definition) is 0.